The van der Waals surface area contributed by atoms with E-state index in [1.807, 2.05) is 26.0 Å². The number of ether oxygens (including phenoxy) is 1. The molecule has 1 aliphatic heterocycles. The van der Waals surface area contributed by atoms with E-state index in [9.17, 15) is 14.9 Å². The molecule has 3 aromatic rings. The number of anilines is 3. The van der Waals surface area contributed by atoms with Crippen LogP contribution in [0.3, 0.4) is 0 Å². The van der Waals surface area contributed by atoms with Gasteiger partial charge in [0, 0.05) is 24.3 Å². The standard InChI is InChI=1S/C21H18ClN5O3/c1-21(2)10-30-20(29)16-17(26-21)12-8-11(4-5-15(12)27(3)19(16)28)25-14-6-7-24-18(22)13(14)9-23/h4-8,26H,10H2,1-3H3,(H,24,25). The first-order chi connectivity index (χ1) is 14.2. The fourth-order valence-corrected chi connectivity index (χ4v) is 3.64. The average molecular weight is 424 g/mol. The van der Waals surface area contributed by atoms with Gasteiger partial charge in [-0.05, 0) is 38.1 Å². The van der Waals surface area contributed by atoms with Crippen LogP contribution in [0.15, 0.2) is 35.3 Å². The quantitative estimate of drug-likeness (QED) is 0.479. The van der Waals surface area contributed by atoms with Crippen molar-refractivity contribution in [3.05, 3.63) is 57.1 Å². The molecule has 0 atom stereocenters. The number of cyclic esters (lactones) is 1. The van der Waals surface area contributed by atoms with Crippen LogP contribution in [-0.2, 0) is 11.8 Å². The van der Waals surface area contributed by atoms with Crippen LogP contribution in [0.1, 0.15) is 29.8 Å². The topological polar surface area (TPSA) is 109 Å². The van der Waals surface area contributed by atoms with E-state index in [0.717, 1.165) is 0 Å². The third kappa shape index (κ3) is 3.23. The number of hydrogen-bond acceptors (Lipinski definition) is 7. The largest absolute Gasteiger partial charge is 0.459 e. The highest BCUT2D eigenvalue weighted by molar-refractivity contribution is 6.31. The molecule has 0 saturated heterocycles. The van der Waals surface area contributed by atoms with Crippen LogP contribution < -0.4 is 16.2 Å². The highest BCUT2D eigenvalue weighted by atomic mass is 35.5. The van der Waals surface area contributed by atoms with Crippen molar-refractivity contribution in [2.75, 3.05) is 17.2 Å². The maximum absolute atomic E-state index is 12.8. The Morgan fingerprint density at radius 3 is 2.83 bits per heavy atom. The van der Waals surface area contributed by atoms with Crippen molar-refractivity contribution in [2.45, 2.75) is 19.4 Å². The van der Waals surface area contributed by atoms with Gasteiger partial charge < -0.3 is 19.9 Å². The minimum absolute atomic E-state index is 0.0302. The van der Waals surface area contributed by atoms with E-state index in [4.69, 9.17) is 16.3 Å². The molecule has 9 heteroatoms. The van der Waals surface area contributed by atoms with Gasteiger partial charge in [0.15, 0.2) is 0 Å². The molecule has 3 heterocycles. The summed E-state index contributed by atoms with van der Waals surface area (Å²) in [7, 11) is 1.61. The number of esters is 1. The molecule has 0 unspecified atom stereocenters. The molecule has 2 N–H and O–H groups in total. The maximum Gasteiger partial charge on any atom is 0.346 e. The van der Waals surface area contributed by atoms with Crippen LogP contribution in [-0.4, -0.2) is 27.7 Å². The summed E-state index contributed by atoms with van der Waals surface area (Å²) in [4.78, 5) is 29.3. The molecule has 0 saturated carbocycles. The van der Waals surface area contributed by atoms with Crippen LogP contribution in [0.2, 0.25) is 5.15 Å². The van der Waals surface area contributed by atoms with Crippen molar-refractivity contribution >= 4 is 45.5 Å². The minimum atomic E-state index is -0.656. The molecule has 0 amide bonds. The van der Waals surface area contributed by atoms with Crippen molar-refractivity contribution in [2.24, 2.45) is 7.05 Å². The number of nitrogens with zero attached hydrogens (tertiary/aromatic N) is 3. The monoisotopic (exact) mass is 423 g/mol. The molecule has 2 aromatic heterocycles. The number of nitrogens with one attached hydrogen (secondary N) is 2. The predicted octanol–water partition coefficient (Wildman–Crippen LogP) is 3.56. The van der Waals surface area contributed by atoms with Crippen LogP contribution in [0.5, 0.6) is 0 Å². The summed E-state index contributed by atoms with van der Waals surface area (Å²) in [6.45, 7) is 3.90. The molecular weight excluding hydrogens is 406 g/mol. The summed E-state index contributed by atoms with van der Waals surface area (Å²) in [5, 5.41) is 16.6. The van der Waals surface area contributed by atoms with E-state index in [1.54, 1.807) is 25.2 Å². The number of pyridine rings is 2. The zero-order chi connectivity index (χ0) is 21.6. The normalized spacial score (nSPS) is 14.8. The fourth-order valence-electron chi connectivity index (χ4n) is 3.44. The Bertz CT molecular complexity index is 1310. The summed E-state index contributed by atoms with van der Waals surface area (Å²) in [5.41, 5.74) is 1.43. The Hall–Kier alpha value is -3.57. The molecule has 1 aliphatic rings. The maximum atomic E-state index is 12.8. The zero-order valence-electron chi connectivity index (χ0n) is 16.5. The number of rotatable bonds is 2. The predicted molar refractivity (Wildman–Crippen MR) is 114 cm³/mol. The van der Waals surface area contributed by atoms with E-state index in [1.165, 1.54) is 10.8 Å². The lowest BCUT2D eigenvalue weighted by molar-refractivity contribution is 0.0460. The number of fused-ring (bicyclic) bond motifs is 3. The van der Waals surface area contributed by atoms with Gasteiger partial charge in [0.1, 0.15) is 29.0 Å². The van der Waals surface area contributed by atoms with Gasteiger partial charge in [0.25, 0.3) is 5.56 Å². The summed E-state index contributed by atoms with van der Waals surface area (Å²) < 4.78 is 6.73. The lowest BCUT2D eigenvalue weighted by atomic mass is 10.0. The Kier molecular flexibility index (Phi) is 4.63. The van der Waals surface area contributed by atoms with Gasteiger partial charge in [-0.15, -0.1) is 0 Å². The van der Waals surface area contributed by atoms with Crippen LogP contribution in [0, 0.1) is 11.3 Å². The van der Waals surface area contributed by atoms with E-state index < -0.39 is 17.1 Å². The number of hydrogen-bond donors (Lipinski definition) is 2. The highest BCUT2D eigenvalue weighted by Crippen LogP contribution is 2.33. The van der Waals surface area contributed by atoms with Gasteiger partial charge in [-0.2, -0.15) is 5.26 Å². The molecule has 8 nitrogen and oxygen atoms in total. The van der Waals surface area contributed by atoms with E-state index in [2.05, 4.69) is 15.6 Å². The smallest absolute Gasteiger partial charge is 0.346 e. The SMILES string of the molecule is Cn1c(=O)c2c(c3cc(Nc4ccnc(Cl)c4C#N)ccc31)NC(C)(C)COC2=O. The molecule has 0 aliphatic carbocycles. The van der Waals surface area contributed by atoms with Crippen molar-refractivity contribution in [3.8, 4) is 6.07 Å². The van der Waals surface area contributed by atoms with Crippen molar-refractivity contribution in [3.63, 3.8) is 0 Å². The molecule has 30 heavy (non-hydrogen) atoms. The van der Waals surface area contributed by atoms with E-state index in [-0.39, 0.29) is 22.9 Å². The number of halogens is 1. The van der Waals surface area contributed by atoms with Gasteiger partial charge in [0.05, 0.1) is 22.4 Å². The number of carbonyl (C=O) groups is 1. The first-order valence-electron chi connectivity index (χ1n) is 9.15. The lowest BCUT2D eigenvalue weighted by Crippen LogP contribution is -2.35. The fraction of sp³-hybridized carbons (Fsp3) is 0.238. The molecule has 4 rings (SSSR count). The first-order valence-corrected chi connectivity index (χ1v) is 9.53. The Labute approximate surface area is 177 Å². The van der Waals surface area contributed by atoms with Gasteiger partial charge in [-0.25, -0.2) is 9.78 Å². The summed E-state index contributed by atoms with van der Waals surface area (Å²) >= 11 is 6.02. The van der Waals surface area contributed by atoms with Crippen molar-refractivity contribution in [1.82, 2.24) is 9.55 Å². The van der Waals surface area contributed by atoms with Crippen molar-refractivity contribution in [1.29, 1.82) is 5.26 Å². The van der Waals surface area contributed by atoms with Crippen LogP contribution in [0.4, 0.5) is 17.1 Å². The molecule has 0 fully saturated rings. The summed E-state index contributed by atoms with van der Waals surface area (Å²) in [5.74, 6) is -0.656. The number of carbonyl (C=O) groups excluding carboxylic acids is 1. The Morgan fingerprint density at radius 2 is 2.10 bits per heavy atom. The van der Waals surface area contributed by atoms with Crippen LogP contribution >= 0.6 is 11.6 Å². The van der Waals surface area contributed by atoms with Crippen molar-refractivity contribution < 1.29 is 9.53 Å². The molecule has 0 bridgehead atoms. The third-order valence-electron chi connectivity index (χ3n) is 4.92. The van der Waals surface area contributed by atoms with Gasteiger partial charge >= 0.3 is 5.97 Å². The van der Waals surface area contributed by atoms with Gasteiger partial charge in [0.2, 0.25) is 0 Å². The summed E-state index contributed by atoms with van der Waals surface area (Å²) in [6.07, 6.45) is 1.50. The number of nitriles is 1. The minimum Gasteiger partial charge on any atom is -0.459 e. The highest BCUT2D eigenvalue weighted by Gasteiger charge is 2.32. The molecule has 1 aromatic carbocycles. The number of benzene rings is 1. The lowest BCUT2D eigenvalue weighted by Gasteiger charge is -2.25. The van der Waals surface area contributed by atoms with Gasteiger partial charge in [-0.3, -0.25) is 4.79 Å². The zero-order valence-corrected chi connectivity index (χ0v) is 17.3. The first kappa shape index (κ1) is 19.7. The van der Waals surface area contributed by atoms with E-state index >= 15 is 0 Å². The average Bonchev–Trinajstić information content (AvgIpc) is 2.82. The molecule has 152 valence electrons. The Balaban J connectivity index is 1.94. The number of aromatic nitrogens is 2. The molecule has 0 radical (unpaired) electrons. The molecular formula is C21H18ClN5O3. The number of aryl methyl sites for hydroxylation is 1. The van der Waals surface area contributed by atoms with Gasteiger partial charge in [-0.1, -0.05) is 11.6 Å². The molecule has 0 spiro atoms. The second-order valence-corrected chi connectivity index (χ2v) is 8.05. The Morgan fingerprint density at radius 1 is 1.33 bits per heavy atom. The second kappa shape index (κ2) is 7.04. The van der Waals surface area contributed by atoms with E-state index in [0.29, 0.717) is 28.0 Å². The summed E-state index contributed by atoms with van der Waals surface area (Å²) in [6, 6.07) is 9.05. The third-order valence-corrected chi connectivity index (χ3v) is 5.21. The van der Waals surface area contributed by atoms with Crippen LogP contribution in [0.25, 0.3) is 10.9 Å². The second-order valence-electron chi connectivity index (χ2n) is 7.69.